The summed E-state index contributed by atoms with van der Waals surface area (Å²) in [5, 5.41) is 16.6. The maximum absolute atomic E-state index is 13.4. The first kappa shape index (κ1) is 21.9. The van der Waals surface area contributed by atoms with Gasteiger partial charge in [-0.05, 0) is 19.4 Å². The van der Waals surface area contributed by atoms with Gasteiger partial charge in [0.25, 0.3) is 5.91 Å². The fraction of sp³-hybridized carbons (Fsp3) is 0.318. The normalized spacial score (nSPS) is 19.3. The molecule has 1 aliphatic heterocycles. The van der Waals surface area contributed by atoms with Crippen LogP contribution in [0.4, 0.5) is 0 Å². The number of carbonyl (C=O) groups is 3. The molecule has 4 rings (SSSR count). The van der Waals surface area contributed by atoms with Crippen LogP contribution >= 0.6 is 11.6 Å². The van der Waals surface area contributed by atoms with E-state index in [4.69, 9.17) is 16.7 Å². The third kappa shape index (κ3) is 4.09. The monoisotopic (exact) mass is 455 g/mol. The lowest BCUT2D eigenvalue weighted by molar-refractivity contribution is -0.131. The molecule has 1 aliphatic rings. The second-order valence-corrected chi connectivity index (χ2v) is 8.40. The number of pyridine rings is 1. The Kier molecular flexibility index (Phi) is 5.94. The summed E-state index contributed by atoms with van der Waals surface area (Å²) in [4.78, 5) is 40.5. The average Bonchev–Trinajstić information content (AvgIpc) is 3.17. The second-order valence-electron chi connectivity index (χ2n) is 7.99. The van der Waals surface area contributed by atoms with Crippen molar-refractivity contribution in [2.75, 3.05) is 13.1 Å². The number of benzene rings is 1. The SMILES string of the molecule is C[C@@H]1CN(Cc2ccccc2)[C@@H](C)CN1C(=O)c1cn2c(C(=O)C(=O)O)nnc2cc1Cl. The fourth-order valence-corrected chi connectivity index (χ4v) is 4.22. The zero-order valence-electron chi connectivity index (χ0n) is 17.6. The Morgan fingerprint density at radius 2 is 1.81 bits per heavy atom. The van der Waals surface area contributed by atoms with E-state index in [1.54, 1.807) is 4.90 Å². The minimum Gasteiger partial charge on any atom is -0.475 e. The first-order valence-corrected chi connectivity index (χ1v) is 10.5. The lowest BCUT2D eigenvalue weighted by Gasteiger charge is -2.44. The number of aliphatic carboxylic acids is 1. The Morgan fingerprint density at radius 1 is 1.09 bits per heavy atom. The smallest absolute Gasteiger partial charge is 0.380 e. The van der Waals surface area contributed by atoms with Crippen LogP contribution in [0.5, 0.6) is 0 Å². The summed E-state index contributed by atoms with van der Waals surface area (Å²) in [6.07, 6.45) is 1.34. The molecule has 1 fully saturated rings. The number of amides is 1. The summed E-state index contributed by atoms with van der Waals surface area (Å²) in [7, 11) is 0. The first-order chi connectivity index (χ1) is 15.3. The zero-order chi connectivity index (χ0) is 23.0. The second kappa shape index (κ2) is 8.68. The van der Waals surface area contributed by atoms with Gasteiger partial charge in [0, 0.05) is 44.0 Å². The van der Waals surface area contributed by atoms with E-state index in [1.807, 2.05) is 25.1 Å². The van der Waals surface area contributed by atoms with E-state index in [-0.39, 0.29) is 40.0 Å². The van der Waals surface area contributed by atoms with Crippen molar-refractivity contribution in [3.63, 3.8) is 0 Å². The molecule has 32 heavy (non-hydrogen) atoms. The molecule has 0 bridgehead atoms. The summed E-state index contributed by atoms with van der Waals surface area (Å²) < 4.78 is 1.19. The van der Waals surface area contributed by atoms with Crippen LogP contribution < -0.4 is 0 Å². The van der Waals surface area contributed by atoms with Crippen LogP contribution in [0.15, 0.2) is 42.6 Å². The number of Topliss-reactive ketones (excluding diaryl/α,β-unsaturated/α-hetero) is 1. The van der Waals surface area contributed by atoms with Gasteiger partial charge in [-0.2, -0.15) is 0 Å². The molecular weight excluding hydrogens is 434 g/mol. The minimum atomic E-state index is -1.65. The number of ketones is 1. The molecule has 2 atom stereocenters. The van der Waals surface area contributed by atoms with E-state index in [0.29, 0.717) is 13.1 Å². The molecule has 2 aromatic heterocycles. The molecule has 0 spiro atoms. The van der Waals surface area contributed by atoms with Gasteiger partial charge in [0.05, 0.1) is 10.6 Å². The summed E-state index contributed by atoms with van der Waals surface area (Å²) >= 11 is 6.35. The van der Waals surface area contributed by atoms with Gasteiger partial charge in [0.15, 0.2) is 5.65 Å². The van der Waals surface area contributed by atoms with Gasteiger partial charge >= 0.3 is 11.8 Å². The Bertz CT molecular complexity index is 1200. The van der Waals surface area contributed by atoms with Crippen LogP contribution in [0.3, 0.4) is 0 Å². The molecule has 1 amide bonds. The van der Waals surface area contributed by atoms with Crippen LogP contribution in [-0.4, -0.2) is 72.3 Å². The van der Waals surface area contributed by atoms with Crippen molar-refractivity contribution in [2.45, 2.75) is 32.5 Å². The molecule has 0 saturated carbocycles. The van der Waals surface area contributed by atoms with Crippen LogP contribution in [0, 0.1) is 0 Å². The lowest BCUT2D eigenvalue weighted by atomic mass is 10.1. The number of hydrogen-bond acceptors (Lipinski definition) is 6. The molecule has 1 N–H and O–H groups in total. The van der Waals surface area contributed by atoms with Crippen molar-refractivity contribution in [1.29, 1.82) is 0 Å². The number of carboxylic acids is 1. The Morgan fingerprint density at radius 3 is 2.50 bits per heavy atom. The highest BCUT2D eigenvalue weighted by Crippen LogP contribution is 2.25. The van der Waals surface area contributed by atoms with Crippen molar-refractivity contribution in [3.8, 4) is 0 Å². The van der Waals surface area contributed by atoms with Crippen molar-refractivity contribution in [2.24, 2.45) is 0 Å². The number of halogens is 1. The van der Waals surface area contributed by atoms with E-state index in [1.165, 1.54) is 22.2 Å². The van der Waals surface area contributed by atoms with Gasteiger partial charge in [-0.3, -0.25) is 18.9 Å². The molecule has 166 valence electrons. The summed E-state index contributed by atoms with van der Waals surface area (Å²) in [5.74, 6) is -3.54. The Hall–Kier alpha value is -3.30. The van der Waals surface area contributed by atoms with E-state index in [0.717, 1.165) is 6.54 Å². The minimum absolute atomic E-state index is 0.0739. The van der Waals surface area contributed by atoms with Gasteiger partial charge in [0.1, 0.15) is 0 Å². The number of rotatable bonds is 5. The maximum Gasteiger partial charge on any atom is 0.380 e. The summed E-state index contributed by atoms with van der Waals surface area (Å²) in [5.41, 5.74) is 1.56. The van der Waals surface area contributed by atoms with Crippen LogP contribution in [-0.2, 0) is 11.3 Å². The predicted molar refractivity (Wildman–Crippen MR) is 117 cm³/mol. The molecule has 9 nitrogen and oxygen atoms in total. The van der Waals surface area contributed by atoms with Crippen LogP contribution in [0.1, 0.15) is 40.4 Å². The van der Waals surface area contributed by atoms with Gasteiger partial charge in [0.2, 0.25) is 5.82 Å². The number of nitrogens with zero attached hydrogens (tertiary/aromatic N) is 5. The molecule has 3 aromatic rings. The molecule has 10 heteroatoms. The van der Waals surface area contributed by atoms with Gasteiger partial charge in [-0.25, -0.2) is 4.79 Å². The Balaban J connectivity index is 1.59. The fourth-order valence-electron chi connectivity index (χ4n) is 3.99. The average molecular weight is 456 g/mol. The van der Waals surface area contributed by atoms with E-state index < -0.39 is 11.8 Å². The lowest BCUT2D eigenvalue weighted by Crippen LogP contribution is -2.57. The van der Waals surface area contributed by atoms with Gasteiger partial charge in [-0.15, -0.1) is 10.2 Å². The van der Waals surface area contributed by atoms with Crippen molar-refractivity contribution < 1.29 is 19.5 Å². The standard InChI is InChI=1S/C22H22ClN5O4/c1-13-10-27(14(2)9-26(13)11-15-6-4-3-5-7-15)21(30)16-12-28-18(8-17(16)23)24-25-20(28)19(29)22(31)32/h3-8,12-14H,9-11H2,1-2H3,(H,31,32)/t13-,14+/m0/s1. The molecule has 0 aliphatic carbocycles. The summed E-state index contributed by atoms with van der Waals surface area (Å²) in [6.45, 7) is 6.04. The molecule has 3 heterocycles. The number of fused-ring (bicyclic) bond motifs is 1. The number of carbonyl (C=O) groups excluding carboxylic acids is 2. The highest BCUT2D eigenvalue weighted by Gasteiger charge is 2.33. The quantitative estimate of drug-likeness (QED) is 0.464. The number of aromatic nitrogens is 3. The van der Waals surface area contributed by atoms with Gasteiger partial charge in [-0.1, -0.05) is 41.9 Å². The molecule has 0 radical (unpaired) electrons. The van der Waals surface area contributed by atoms with Crippen LogP contribution in [0.2, 0.25) is 5.02 Å². The number of piperazine rings is 1. The molecular formula is C22H22ClN5O4. The van der Waals surface area contributed by atoms with Gasteiger partial charge < -0.3 is 10.0 Å². The highest BCUT2D eigenvalue weighted by molar-refractivity contribution is 6.39. The molecule has 0 unspecified atom stereocenters. The van der Waals surface area contributed by atoms with Crippen molar-refractivity contribution >= 4 is 34.9 Å². The van der Waals surface area contributed by atoms with Crippen molar-refractivity contribution in [1.82, 2.24) is 24.4 Å². The zero-order valence-corrected chi connectivity index (χ0v) is 18.4. The molecule has 1 aromatic carbocycles. The van der Waals surface area contributed by atoms with E-state index in [2.05, 4.69) is 34.2 Å². The summed E-state index contributed by atoms with van der Waals surface area (Å²) in [6, 6.07) is 11.6. The topological polar surface area (TPSA) is 108 Å². The Labute approximate surface area is 189 Å². The molecule has 1 saturated heterocycles. The van der Waals surface area contributed by atoms with Crippen molar-refractivity contribution in [3.05, 3.63) is 64.6 Å². The first-order valence-electron chi connectivity index (χ1n) is 10.2. The van der Waals surface area contributed by atoms with E-state index in [9.17, 15) is 14.4 Å². The van der Waals surface area contributed by atoms with E-state index >= 15 is 0 Å². The van der Waals surface area contributed by atoms with Crippen LogP contribution in [0.25, 0.3) is 5.65 Å². The number of carboxylic acid groups (broad SMARTS) is 1. The highest BCUT2D eigenvalue weighted by atomic mass is 35.5. The third-order valence-electron chi connectivity index (χ3n) is 5.73. The number of hydrogen-bond donors (Lipinski definition) is 1. The third-order valence-corrected chi connectivity index (χ3v) is 6.04. The predicted octanol–water partition coefficient (Wildman–Crippen LogP) is 2.38. The maximum atomic E-state index is 13.4. The largest absolute Gasteiger partial charge is 0.475 e.